The molecule has 4 heterocycles. The van der Waals surface area contributed by atoms with Crippen molar-refractivity contribution in [2.24, 2.45) is 0 Å². The van der Waals surface area contributed by atoms with Crippen LogP contribution in [0.4, 0.5) is 5.13 Å². The summed E-state index contributed by atoms with van der Waals surface area (Å²) in [5.74, 6) is -0.374. The molecule has 1 N–H and O–H groups in total. The van der Waals surface area contributed by atoms with E-state index in [1.54, 1.807) is 12.1 Å². The molecule has 31 heavy (non-hydrogen) atoms. The van der Waals surface area contributed by atoms with Gasteiger partial charge in [0.05, 0.1) is 11.7 Å². The molecule has 0 saturated carbocycles. The minimum atomic E-state index is -0.374. The quantitative estimate of drug-likeness (QED) is 0.468. The van der Waals surface area contributed by atoms with Gasteiger partial charge in [0.25, 0.3) is 5.56 Å². The monoisotopic (exact) mass is 473 g/mol. The summed E-state index contributed by atoms with van der Waals surface area (Å²) >= 11 is 8.65. The lowest BCUT2D eigenvalue weighted by Crippen LogP contribution is -2.27. The molecule has 1 saturated heterocycles. The van der Waals surface area contributed by atoms with Gasteiger partial charge in [-0.3, -0.25) is 19.5 Å². The van der Waals surface area contributed by atoms with E-state index in [-0.39, 0.29) is 24.1 Å². The van der Waals surface area contributed by atoms with Crippen molar-refractivity contribution in [2.45, 2.75) is 25.5 Å². The number of aromatic nitrogens is 4. The van der Waals surface area contributed by atoms with Crippen LogP contribution < -0.4 is 10.9 Å². The number of ether oxygens (including phenoxy) is 1. The Morgan fingerprint density at radius 1 is 1.29 bits per heavy atom. The summed E-state index contributed by atoms with van der Waals surface area (Å²) in [7, 11) is 0. The van der Waals surface area contributed by atoms with E-state index >= 15 is 0 Å². The predicted octanol–water partition coefficient (Wildman–Crippen LogP) is 4.12. The normalized spacial score (nSPS) is 16.1. The van der Waals surface area contributed by atoms with Gasteiger partial charge in [-0.05, 0) is 30.5 Å². The number of amides is 1. The maximum Gasteiger partial charge on any atom is 0.263 e. The number of benzene rings is 1. The molecular weight excluding hydrogens is 458 g/mol. The number of carbonyl (C=O) groups excluding carboxylic acids is 1. The van der Waals surface area contributed by atoms with Crippen molar-refractivity contribution in [3.05, 3.63) is 56.4 Å². The summed E-state index contributed by atoms with van der Waals surface area (Å²) in [6.45, 7) is 0.539. The Morgan fingerprint density at radius 3 is 2.90 bits per heavy atom. The highest BCUT2D eigenvalue weighted by atomic mass is 35.5. The summed E-state index contributed by atoms with van der Waals surface area (Å²) in [4.78, 5) is 30.6. The third-order valence-corrected chi connectivity index (χ3v) is 6.99. The first-order valence-corrected chi connectivity index (χ1v) is 11.6. The molecule has 0 radical (unpaired) electrons. The number of fused-ring (bicyclic) bond motifs is 1. The largest absolute Gasteiger partial charge is 0.371 e. The van der Waals surface area contributed by atoms with E-state index in [2.05, 4.69) is 20.5 Å². The number of halogens is 1. The fraction of sp³-hybridized carbons (Fsp3) is 0.250. The highest BCUT2D eigenvalue weighted by Gasteiger charge is 2.22. The van der Waals surface area contributed by atoms with Gasteiger partial charge in [-0.2, -0.15) is 0 Å². The number of carbonyl (C=O) groups is 1. The van der Waals surface area contributed by atoms with Crippen LogP contribution in [0.2, 0.25) is 5.02 Å². The third kappa shape index (κ3) is 4.11. The molecule has 1 atom stereocenters. The van der Waals surface area contributed by atoms with Crippen LogP contribution in [0.25, 0.3) is 21.3 Å². The van der Waals surface area contributed by atoms with E-state index < -0.39 is 0 Å². The number of nitrogens with zero attached hydrogens (tertiary/aromatic N) is 4. The number of nitrogens with one attached hydrogen (secondary N) is 1. The molecule has 158 valence electrons. The molecule has 1 unspecified atom stereocenters. The molecule has 1 amide bonds. The van der Waals surface area contributed by atoms with E-state index in [0.717, 1.165) is 29.0 Å². The molecule has 8 nitrogen and oxygen atoms in total. The first-order chi connectivity index (χ1) is 15.1. The predicted molar refractivity (Wildman–Crippen MR) is 121 cm³/mol. The zero-order valence-electron chi connectivity index (χ0n) is 16.1. The van der Waals surface area contributed by atoms with Gasteiger partial charge >= 0.3 is 0 Å². The van der Waals surface area contributed by atoms with Crippen LogP contribution in [0.1, 0.15) is 24.0 Å². The lowest BCUT2D eigenvalue weighted by Gasteiger charge is -2.06. The summed E-state index contributed by atoms with van der Waals surface area (Å²) in [6, 6.07) is 7.26. The van der Waals surface area contributed by atoms with Gasteiger partial charge in [-0.25, -0.2) is 4.98 Å². The Kier molecular flexibility index (Phi) is 5.53. The number of hydrogen-bond acceptors (Lipinski definition) is 8. The highest BCUT2D eigenvalue weighted by Crippen LogP contribution is 2.32. The molecule has 0 spiro atoms. The third-order valence-electron chi connectivity index (χ3n) is 4.92. The smallest absolute Gasteiger partial charge is 0.263 e. The van der Waals surface area contributed by atoms with Gasteiger partial charge in [-0.15, -0.1) is 21.5 Å². The molecule has 0 aliphatic carbocycles. The van der Waals surface area contributed by atoms with Crippen LogP contribution in [-0.2, 0) is 16.1 Å². The Balaban J connectivity index is 1.37. The molecule has 5 rings (SSSR count). The Labute approximate surface area is 189 Å². The summed E-state index contributed by atoms with van der Waals surface area (Å²) in [5, 5.41) is 14.9. The van der Waals surface area contributed by atoms with Gasteiger partial charge in [0.15, 0.2) is 0 Å². The zero-order chi connectivity index (χ0) is 21.4. The van der Waals surface area contributed by atoms with Crippen LogP contribution >= 0.6 is 34.3 Å². The van der Waals surface area contributed by atoms with Crippen LogP contribution in [0, 0.1) is 0 Å². The maximum absolute atomic E-state index is 13.1. The van der Waals surface area contributed by atoms with E-state index in [0.29, 0.717) is 27.0 Å². The van der Waals surface area contributed by atoms with Gasteiger partial charge < -0.3 is 4.74 Å². The van der Waals surface area contributed by atoms with Crippen LogP contribution in [0.3, 0.4) is 0 Å². The molecule has 3 aromatic heterocycles. The number of anilines is 1. The van der Waals surface area contributed by atoms with Crippen LogP contribution in [-0.4, -0.2) is 32.3 Å². The van der Waals surface area contributed by atoms with Crippen molar-refractivity contribution in [1.82, 2.24) is 19.7 Å². The van der Waals surface area contributed by atoms with Gasteiger partial charge in [0.2, 0.25) is 11.0 Å². The van der Waals surface area contributed by atoms with Crippen LogP contribution in [0.15, 0.2) is 40.8 Å². The summed E-state index contributed by atoms with van der Waals surface area (Å²) < 4.78 is 6.89. The maximum atomic E-state index is 13.1. The SMILES string of the molecule is O=C(Cn1cnc2scc(-c3ccc(Cl)cc3)c2c1=O)Nc1nnc(C2CCCO2)s1. The number of rotatable bonds is 5. The zero-order valence-corrected chi connectivity index (χ0v) is 18.5. The Morgan fingerprint density at radius 2 is 2.13 bits per heavy atom. The average molecular weight is 474 g/mol. The average Bonchev–Trinajstić information content (AvgIpc) is 3.51. The molecular formula is C20H16ClN5O3S2. The van der Waals surface area contributed by atoms with Gasteiger partial charge in [0, 0.05) is 22.6 Å². The topological polar surface area (TPSA) is 99.0 Å². The molecule has 11 heteroatoms. The fourth-order valence-electron chi connectivity index (χ4n) is 3.42. The molecule has 1 aliphatic rings. The highest BCUT2D eigenvalue weighted by molar-refractivity contribution is 7.17. The van der Waals surface area contributed by atoms with Gasteiger partial charge in [-0.1, -0.05) is 35.1 Å². The minimum Gasteiger partial charge on any atom is -0.371 e. The molecule has 1 aliphatic heterocycles. The van der Waals surface area contributed by atoms with Crippen molar-refractivity contribution < 1.29 is 9.53 Å². The van der Waals surface area contributed by atoms with Crippen molar-refractivity contribution in [1.29, 1.82) is 0 Å². The first kappa shape index (κ1) is 20.3. The molecule has 4 aromatic rings. The Bertz CT molecular complexity index is 1310. The van der Waals surface area contributed by atoms with Crippen molar-refractivity contribution in [2.75, 3.05) is 11.9 Å². The molecule has 1 aromatic carbocycles. The van der Waals surface area contributed by atoms with Crippen LogP contribution in [0.5, 0.6) is 0 Å². The minimum absolute atomic E-state index is 0.0535. The summed E-state index contributed by atoms with van der Waals surface area (Å²) in [5.41, 5.74) is 1.37. The lowest BCUT2D eigenvalue weighted by molar-refractivity contribution is -0.116. The second-order valence-electron chi connectivity index (χ2n) is 7.01. The fourth-order valence-corrected chi connectivity index (χ4v) is 5.30. The second kappa shape index (κ2) is 8.46. The van der Waals surface area contributed by atoms with Crippen molar-refractivity contribution in [3.8, 4) is 11.1 Å². The Hall–Kier alpha value is -2.66. The molecule has 0 bridgehead atoms. The second-order valence-corrected chi connectivity index (χ2v) is 9.31. The van der Waals surface area contributed by atoms with E-state index in [4.69, 9.17) is 16.3 Å². The van der Waals surface area contributed by atoms with Crippen molar-refractivity contribution in [3.63, 3.8) is 0 Å². The first-order valence-electron chi connectivity index (χ1n) is 9.56. The molecule has 1 fully saturated rings. The number of hydrogen-bond donors (Lipinski definition) is 1. The summed E-state index contributed by atoms with van der Waals surface area (Å²) in [6.07, 6.45) is 3.23. The lowest BCUT2D eigenvalue weighted by atomic mass is 10.1. The number of thiophene rings is 1. The van der Waals surface area contributed by atoms with E-state index in [1.165, 1.54) is 33.6 Å². The van der Waals surface area contributed by atoms with Gasteiger partial charge in [0.1, 0.15) is 22.5 Å². The standard InChI is InChI=1S/C20H16ClN5O3S2/c21-12-5-3-11(4-6-12)13-9-30-18-16(13)19(28)26(10-22-18)8-15(27)23-20-25-24-17(31-20)14-2-1-7-29-14/h3-6,9-10,14H,1-2,7-8H2,(H,23,25,27). The van der Waals surface area contributed by atoms with E-state index in [9.17, 15) is 9.59 Å². The van der Waals surface area contributed by atoms with E-state index in [1.807, 2.05) is 17.5 Å². The van der Waals surface area contributed by atoms with Crippen molar-refractivity contribution >= 4 is 55.5 Å².